The van der Waals surface area contributed by atoms with Gasteiger partial charge in [0.25, 0.3) is 0 Å². The summed E-state index contributed by atoms with van der Waals surface area (Å²) in [7, 11) is 0. The second kappa shape index (κ2) is 3.43. The van der Waals surface area contributed by atoms with Gasteiger partial charge in [0, 0.05) is 11.8 Å². The third-order valence-corrected chi connectivity index (χ3v) is 4.00. The highest BCUT2D eigenvalue weighted by Crippen LogP contribution is 2.45. The van der Waals surface area contributed by atoms with Crippen LogP contribution in [0, 0.1) is 11.3 Å². The summed E-state index contributed by atoms with van der Waals surface area (Å²) in [6.45, 7) is 2.19. The van der Waals surface area contributed by atoms with Crippen LogP contribution in [0.5, 0.6) is 0 Å². The zero-order valence-electron chi connectivity index (χ0n) is 8.64. The Balaban J connectivity index is 1.96. The SMILES string of the molecule is CCC1(C(=O)CC2CC2)CCCC1. The van der Waals surface area contributed by atoms with Crippen LogP contribution in [0.25, 0.3) is 0 Å². The first-order valence-corrected chi connectivity index (χ1v) is 5.80. The molecule has 0 aromatic heterocycles. The smallest absolute Gasteiger partial charge is 0.139 e. The highest BCUT2D eigenvalue weighted by atomic mass is 16.1. The molecule has 0 radical (unpaired) electrons. The van der Waals surface area contributed by atoms with Gasteiger partial charge in [0.15, 0.2) is 0 Å². The van der Waals surface area contributed by atoms with Crippen molar-refractivity contribution in [1.29, 1.82) is 0 Å². The van der Waals surface area contributed by atoms with Gasteiger partial charge in [-0.1, -0.05) is 19.8 Å². The zero-order chi connectivity index (χ0) is 9.31. The Bertz CT molecular complexity index is 197. The van der Waals surface area contributed by atoms with E-state index in [1.54, 1.807) is 0 Å². The van der Waals surface area contributed by atoms with Gasteiger partial charge in [-0.2, -0.15) is 0 Å². The molecule has 0 aromatic carbocycles. The van der Waals surface area contributed by atoms with Crippen LogP contribution in [0.2, 0.25) is 0 Å². The second-order valence-electron chi connectivity index (χ2n) is 4.91. The van der Waals surface area contributed by atoms with E-state index in [1.807, 2.05) is 0 Å². The highest BCUT2D eigenvalue weighted by Gasteiger charge is 2.40. The van der Waals surface area contributed by atoms with E-state index in [-0.39, 0.29) is 5.41 Å². The highest BCUT2D eigenvalue weighted by molar-refractivity contribution is 5.85. The van der Waals surface area contributed by atoms with E-state index >= 15 is 0 Å². The predicted octanol–water partition coefficient (Wildman–Crippen LogP) is 3.33. The van der Waals surface area contributed by atoms with Crippen molar-refractivity contribution in [3.63, 3.8) is 0 Å². The van der Waals surface area contributed by atoms with Crippen molar-refractivity contribution in [3.05, 3.63) is 0 Å². The minimum absolute atomic E-state index is 0.128. The van der Waals surface area contributed by atoms with E-state index in [0.717, 1.165) is 18.8 Å². The molecule has 2 aliphatic rings. The Hall–Kier alpha value is -0.330. The van der Waals surface area contributed by atoms with Crippen molar-refractivity contribution in [1.82, 2.24) is 0 Å². The first kappa shape index (κ1) is 9.23. The number of Topliss-reactive ketones (excluding diaryl/α,β-unsaturated/α-hetero) is 1. The molecule has 0 aliphatic heterocycles. The Morgan fingerprint density at radius 1 is 1.31 bits per heavy atom. The van der Waals surface area contributed by atoms with Crippen molar-refractivity contribution in [2.45, 2.75) is 58.3 Å². The summed E-state index contributed by atoms with van der Waals surface area (Å²) < 4.78 is 0. The minimum Gasteiger partial charge on any atom is -0.299 e. The number of hydrogen-bond donors (Lipinski definition) is 0. The molecule has 2 fully saturated rings. The van der Waals surface area contributed by atoms with Gasteiger partial charge in [-0.05, 0) is 38.0 Å². The molecule has 0 aromatic rings. The minimum atomic E-state index is 0.128. The third-order valence-electron chi connectivity index (χ3n) is 4.00. The number of ketones is 1. The topological polar surface area (TPSA) is 17.1 Å². The molecular formula is C12H20O. The average molecular weight is 180 g/mol. The lowest BCUT2D eigenvalue weighted by atomic mass is 9.77. The van der Waals surface area contributed by atoms with E-state index in [1.165, 1.54) is 38.5 Å². The Labute approximate surface area is 80.9 Å². The van der Waals surface area contributed by atoms with Gasteiger partial charge in [-0.3, -0.25) is 4.79 Å². The van der Waals surface area contributed by atoms with Gasteiger partial charge in [0.2, 0.25) is 0 Å². The summed E-state index contributed by atoms with van der Waals surface area (Å²) in [5.41, 5.74) is 0.128. The van der Waals surface area contributed by atoms with Crippen molar-refractivity contribution >= 4 is 5.78 Å². The summed E-state index contributed by atoms with van der Waals surface area (Å²) in [4.78, 5) is 12.0. The average Bonchev–Trinajstić information content (AvgIpc) is 2.83. The van der Waals surface area contributed by atoms with Crippen molar-refractivity contribution < 1.29 is 4.79 Å². The van der Waals surface area contributed by atoms with Crippen molar-refractivity contribution in [2.75, 3.05) is 0 Å². The molecule has 2 aliphatic carbocycles. The monoisotopic (exact) mass is 180 g/mol. The van der Waals surface area contributed by atoms with E-state index in [9.17, 15) is 4.79 Å². The standard InChI is InChI=1S/C12H20O/c1-2-12(7-3-4-8-12)11(13)9-10-5-6-10/h10H,2-9H2,1H3. The molecule has 0 spiro atoms. The number of carbonyl (C=O) groups excluding carboxylic acids is 1. The van der Waals surface area contributed by atoms with E-state index in [0.29, 0.717) is 5.78 Å². The van der Waals surface area contributed by atoms with Crippen molar-refractivity contribution in [2.24, 2.45) is 11.3 Å². The van der Waals surface area contributed by atoms with Gasteiger partial charge in [0.05, 0.1) is 0 Å². The van der Waals surface area contributed by atoms with Crippen LogP contribution < -0.4 is 0 Å². The van der Waals surface area contributed by atoms with Crippen LogP contribution in [0.4, 0.5) is 0 Å². The molecule has 1 heteroatoms. The fourth-order valence-electron chi connectivity index (χ4n) is 2.68. The maximum Gasteiger partial charge on any atom is 0.139 e. The van der Waals surface area contributed by atoms with Gasteiger partial charge in [-0.25, -0.2) is 0 Å². The third kappa shape index (κ3) is 1.79. The summed E-state index contributed by atoms with van der Waals surface area (Å²) in [6, 6.07) is 0. The van der Waals surface area contributed by atoms with Crippen LogP contribution in [0.15, 0.2) is 0 Å². The molecule has 0 amide bonds. The van der Waals surface area contributed by atoms with E-state index < -0.39 is 0 Å². The predicted molar refractivity (Wildman–Crippen MR) is 53.5 cm³/mol. The lowest BCUT2D eigenvalue weighted by Crippen LogP contribution is -2.27. The molecule has 1 nitrogen and oxygen atoms in total. The summed E-state index contributed by atoms with van der Waals surface area (Å²) >= 11 is 0. The quantitative estimate of drug-likeness (QED) is 0.648. The second-order valence-corrected chi connectivity index (χ2v) is 4.91. The Morgan fingerprint density at radius 3 is 2.38 bits per heavy atom. The molecule has 0 atom stereocenters. The van der Waals surface area contributed by atoms with Gasteiger partial charge >= 0.3 is 0 Å². The number of rotatable bonds is 4. The Kier molecular flexibility index (Phi) is 2.44. The molecule has 0 N–H and O–H groups in total. The normalized spacial score (nSPS) is 26.2. The summed E-state index contributed by atoms with van der Waals surface area (Å²) in [5, 5.41) is 0. The molecule has 74 valence electrons. The molecule has 0 bridgehead atoms. The first-order valence-electron chi connectivity index (χ1n) is 5.80. The lowest BCUT2D eigenvalue weighted by Gasteiger charge is -2.25. The van der Waals surface area contributed by atoms with Crippen LogP contribution in [0.3, 0.4) is 0 Å². The van der Waals surface area contributed by atoms with E-state index in [2.05, 4.69) is 6.92 Å². The van der Waals surface area contributed by atoms with Gasteiger partial charge in [0.1, 0.15) is 5.78 Å². The molecule has 0 saturated heterocycles. The van der Waals surface area contributed by atoms with Crippen LogP contribution in [-0.4, -0.2) is 5.78 Å². The fraction of sp³-hybridized carbons (Fsp3) is 0.917. The molecule has 2 rings (SSSR count). The fourth-order valence-corrected chi connectivity index (χ4v) is 2.68. The van der Waals surface area contributed by atoms with Gasteiger partial charge < -0.3 is 0 Å². The molecule has 13 heavy (non-hydrogen) atoms. The largest absolute Gasteiger partial charge is 0.299 e. The molecule has 2 saturated carbocycles. The lowest BCUT2D eigenvalue weighted by molar-refractivity contribution is -0.129. The summed E-state index contributed by atoms with van der Waals surface area (Å²) in [6.07, 6.45) is 9.52. The summed E-state index contributed by atoms with van der Waals surface area (Å²) in [5.74, 6) is 1.37. The van der Waals surface area contributed by atoms with Gasteiger partial charge in [-0.15, -0.1) is 0 Å². The van der Waals surface area contributed by atoms with Crippen LogP contribution >= 0.6 is 0 Å². The zero-order valence-corrected chi connectivity index (χ0v) is 8.64. The molecule has 0 heterocycles. The van der Waals surface area contributed by atoms with Crippen LogP contribution in [-0.2, 0) is 4.79 Å². The molecule has 0 unspecified atom stereocenters. The van der Waals surface area contributed by atoms with Crippen LogP contribution in [0.1, 0.15) is 58.3 Å². The maximum absolute atomic E-state index is 12.0. The van der Waals surface area contributed by atoms with Crippen molar-refractivity contribution in [3.8, 4) is 0 Å². The number of carbonyl (C=O) groups is 1. The molecular weight excluding hydrogens is 160 g/mol. The maximum atomic E-state index is 12.0. The van der Waals surface area contributed by atoms with E-state index in [4.69, 9.17) is 0 Å². The Morgan fingerprint density at radius 2 is 1.92 bits per heavy atom. The number of hydrogen-bond acceptors (Lipinski definition) is 1. The first-order chi connectivity index (χ1) is 6.27.